The van der Waals surface area contributed by atoms with E-state index in [2.05, 4.69) is 4.98 Å². The van der Waals surface area contributed by atoms with Crippen LogP contribution < -0.4 is 9.47 Å². The molecule has 4 aromatic rings. The van der Waals surface area contributed by atoms with Crippen LogP contribution in [0.4, 0.5) is 0 Å². The van der Waals surface area contributed by atoms with Crippen molar-refractivity contribution in [1.29, 1.82) is 0 Å². The van der Waals surface area contributed by atoms with Gasteiger partial charge in [-0.25, -0.2) is 9.78 Å². The monoisotopic (exact) mass is 423 g/mol. The van der Waals surface area contributed by atoms with Crippen LogP contribution in [0.5, 0.6) is 17.2 Å². The first-order valence-electron chi connectivity index (χ1n) is 8.82. The second-order valence-electron chi connectivity index (χ2n) is 6.35. The maximum Gasteiger partial charge on any atom is 0.343 e. The summed E-state index contributed by atoms with van der Waals surface area (Å²) in [5, 5.41) is 1.31. The van der Waals surface area contributed by atoms with Gasteiger partial charge < -0.3 is 9.47 Å². The van der Waals surface area contributed by atoms with Crippen molar-refractivity contribution in [3.63, 3.8) is 0 Å². The molecule has 6 heteroatoms. The van der Waals surface area contributed by atoms with Crippen molar-refractivity contribution < 1.29 is 14.3 Å². The number of ether oxygens (including phenoxy) is 2. The highest BCUT2D eigenvalue weighted by atomic mass is 35.5. The highest BCUT2D eigenvalue weighted by molar-refractivity contribution is 6.39. The van der Waals surface area contributed by atoms with E-state index in [0.717, 1.165) is 5.69 Å². The minimum Gasteiger partial charge on any atom is -0.457 e. The maximum atomic E-state index is 12.8. The molecule has 0 amide bonds. The van der Waals surface area contributed by atoms with Gasteiger partial charge in [0.2, 0.25) is 0 Å². The first-order valence-corrected chi connectivity index (χ1v) is 9.57. The molecule has 0 unspecified atom stereocenters. The number of esters is 1. The van der Waals surface area contributed by atoms with E-state index in [-0.39, 0.29) is 10.8 Å². The first-order chi connectivity index (χ1) is 14.0. The normalized spacial score (nSPS) is 10.7. The summed E-state index contributed by atoms with van der Waals surface area (Å²) in [7, 11) is 0. The number of hydrogen-bond donors (Lipinski definition) is 0. The fraction of sp³-hybridized carbons (Fsp3) is 0.0435. The van der Waals surface area contributed by atoms with Crippen molar-refractivity contribution in [2.45, 2.75) is 6.92 Å². The summed E-state index contributed by atoms with van der Waals surface area (Å²) in [6.07, 6.45) is 0. The summed E-state index contributed by atoms with van der Waals surface area (Å²) in [4.78, 5) is 17.2. The molecule has 4 nitrogen and oxygen atoms in total. The van der Waals surface area contributed by atoms with Gasteiger partial charge in [-0.2, -0.15) is 0 Å². The number of aryl methyl sites for hydroxylation is 1. The van der Waals surface area contributed by atoms with Crippen LogP contribution in [0.2, 0.25) is 10.0 Å². The van der Waals surface area contributed by atoms with Crippen molar-refractivity contribution >= 4 is 40.1 Å². The third-order valence-corrected chi connectivity index (χ3v) is 4.81. The Morgan fingerprint density at radius 3 is 2.41 bits per heavy atom. The number of carbonyl (C=O) groups is 1. The summed E-state index contributed by atoms with van der Waals surface area (Å²) in [6, 6.07) is 21.2. The van der Waals surface area contributed by atoms with Crippen molar-refractivity contribution in [2.75, 3.05) is 0 Å². The molecule has 0 aliphatic heterocycles. The van der Waals surface area contributed by atoms with E-state index in [1.807, 2.05) is 49.4 Å². The van der Waals surface area contributed by atoms with Crippen molar-refractivity contribution in [2.24, 2.45) is 0 Å². The van der Waals surface area contributed by atoms with Gasteiger partial charge >= 0.3 is 5.97 Å². The molecule has 3 aromatic carbocycles. The fourth-order valence-corrected chi connectivity index (χ4v) is 3.40. The van der Waals surface area contributed by atoms with Crippen LogP contribution in [0.15, 0.2) is 72.8 Å². The minimum atomic E-state index is -0.572. The number of fused-ring (bicyclic) bond motifs is 1. The SMILES string of the molecule is Cc1ccc2c(Cl)cc(Cl)c(OC(=O)c3cccc(Oc4ccccc4)c3)c2n1. The Morgan fingerprint density at radius 2 is 1.62 bits per heavy atom. The number of para-hydroxylation sites is 1. The smallest absolute Gasteiger partial charge is 0.343 e. The summed E-state index contributed by atoms with van der Waals surface area (Å²) in [5.74, 6) is 0.794. The maximum absolute atomic E-state index is 12.8. The molecular formula is C23H15Cl2NO3. The van der Waals surface area contributed by atoms with Crippen LogP contribution in [-0.4, -0.2) is 11.0 Å². The number of aromatic nitrogens is 1. The molecule has 0 saturated carbocycles. The number of carbonyl (C=O) groups excluding carboxylic acids is 1. The topological polar surface area (TPSA) is 48.4 Å². The molecule has 0 bridgehead atoms. The number of nitrogens with zero attached hydrogens (tertiary/aromatic N) is 1. The zero-order valence-electron chi connectivity index (χ0n) is 15.4. The fourth-order valence-electron chi connectivity index (χ4n) is 2.85. The van der Waals surface area contributed by atoms with E-state index in [1.165, 1.54) is 0 Å². The number of halogens is 2. The van der Waals surface area contributed by atoms with E-state index in [1.54, 1.807) is 30.3 Å². The van der Waals surface area contributed by atoms with E-state index in [4.69, 9.17) is 32.7 Å². The molecule has 1 aromatic heterocycles. The number of rotatable bonds is 4. The number of pyridine rings is 1. The highest BCUT2D eigenvalue weighted by Crippen LogP contribution is 2.37. The Balaban J connectivity index is 1.65. The molecule has 144 valence electrons. The van der Waals surface area contributed by atoms with Gasteiger partial charge in [0.15, 0.2) is 5.75 Å². The van der Waals surface area contributed by atoms with Crippen molar-refractivity contribution in [3.8, 4) is 17.2 Å². The molecule has 0 aliphatic rings. The summed E-state index contributed by atoms with van der Waals surface area (Å²) >= 11 is 12.6. The lowest BCUT2D eigenvalue weighted by Crippen LogP contribution is -2.09. The molecule has 0 aliphatic carbocycles. The summed E-state index contributed by atoms with van der Waals surface area (Å²) in [5.41, 5.74) is 1.52. The molecule has 0 spiro atoms. The quantitative estimate of drug-likeness (QED) is 0.265. The molecule has 0 fully saturated rings. The van der Waals surface area contributed by atoms with Crippen molar-refractivity contribution in [3.05, 3.63) is 94.1 Å². The standard InChI is InChI=1S/C23H15Cl2NO3/c1-14-10-11-18-19(24)13-20(25)22(21(18)26-14)29-23(27)15-6-5-9-17(12-15)28-16-7-3-2-4-8-16/h2-13H,1H3. The molecule has 0 atom stereocenters. The Kier molecular flexibility index (Phi) is 5.38. The van der Waals surface area contributed by atoms with E-state index in [9.17, 15) is 4.79 Å². The second kappa shape index (κ2) is 8.11. The lowest BCUT2D eigenvalue weighted by molar-refractivity contribution is 0.0736. The Hall–Kier alpha value is -3.08. The molecule has 0 N–H and O–H groups in total. The van der Waals surface area contributed by atoms with Gasteiger partial charge in [-0.1, -0.05) is 47.5 Å². The largest absolute Gasteiger partial charge is 0.457 e. The molecule has 4 rings (SSSR count). The van der Waals surface area contributed by atoms with Crippen LogP contribution in [0.1, 0.15) is 16.1 Å². The van der Waals surface area contributed by atoms with Gasteiger partial charge in [-0.05, 0) is 55.5 Å². The summed E-state index contributed by atoms with van der Waals surface area (Å²) in [6.45, 7) is 1.84. The average Bonchev–Trinajstić information content (AvgIpc) is 2.71. The molecule has 1 heterocycles. The summed E-state index contributed by atoms with van der Waals surface area (Å²) < 4.78 is 11.4. The van der Waals surface area contributed by atoms with Crippen LogP contribution in [-0.2, 0) is 0 Å². The van der Waals surface area contributed by atoms with Gasteiger partial charge in [-0.15, -0.1) is 0 Å². The van der Waals surface area contributed by atoms with Gasteiger partial charge in [0.1, 0.15) is 17.0 Å². The molecule has 29 heavy (non-hydrogen) atoms. The van der Waals surface area contributed by atoms with Crippen LogP contribution in [0.3, 0.4) is 0 Å². The zero-order valence-corrected chi connectivity index (χ0v) is 16.9. The van der Waals surface area contributed by atoms with Crippen LogP contribution in [0.25, 0.3) is 10.9 Å². The third-order valence-electron chi connectivity index (χ3n) is 4.22. The minimum absolute atomic E-state index is 0.175. The zero-order chi connectivity index (χ0) is 20.4. The molecule has 0 saturated heterocycles. The molecular weight excluding hydrogens is 409 g/mol. The van der Waals surface area contributed by atoms with E-state index in [0.29, 0.717) is 33.0 Å². The van der Waals surface area contributed by atoms with Crippen molar-refractivity contribution in [1.82, 2.24) is 4.98 Å². The predicted molar refractivity (Wildman–Crippen MR) is 114 cm³/mol. The Labute approximate surface area is 177 Å². The van der Waals surface area contributed by atoms with E-state index >= 15 is 0 Å². The Bertz CT molecular complexity index is 1210. The van der Waals surface area contributed by atoms with Crippen LogP contribution >= 0.6 is 23.2 Å². The van der Waals surface area contributed by atoms with Gasteiger partial charge in [0.05, 0.1) is 15.6 Å². The van der Waals surface area contributed by atoms with Gasteiger partial charge in [-0.3, -0.25) is 0 Å². The predicted octanol–water partition coefficient (Wildman–Crippen LogP) is 6.86. The average molecular weight is 424 g/mol. The second-order valence-corrected chi connectivity index (χ2v) is 7.17. The Morgan fingerprint density at radius 1 is 0.862 bits per heavy atom. The van der Waals surface area contributed by atoms with Gasteiger partial charge in [0, 0.05) is 11.1 Å². The van der Waals surface area contributed by atoms with E-state index < -0.39 is 5.97 Å². The number of hydrogen-bond acceptors (Lipinski definition) is 4. The third kappa shape index (κ3) is 4.19. The first kappa shape index (κ1) is 19.2. The van der Waals surface area contributed by atoms with Gasteiger partial charge in [0.25, 0.3) is 0 Å². The highest BCUT2D eigenvalue weighted by Gasteiger charge is 2.18. The lowest BCUT2D eigenvalue weighted by atomic mass is 10.2. The lowest BCUT2D eigenvalue weighted by Gasteiger charge is -2.12. The number of benzene rings is 3. The molecule has 0 radical (unpaired) electrons. The van der Waals surface area contributed by atoms with Crippen LogP contribution in [0, 0.1) is 6.92 Å².